The van der Waals surface area contributed by atoms with Gasteiger partial charge in [0, 0.05) is 18.8 Å². The van der Waals surface area contributed by atoms with Gasteiger partial charge in [-0.2, -0.15) is 0 Å². The van der Waals surface area contributed by atoms with E-state index in [1.54, 1.807) is 41.3 Å². The van der Waals surface area contributed by atoms with Crippen molar-refractivity contribution in [1.29, 1.82) is 0 Å². The topological polar surface area (TPSA) is 71.8 Å². The largest absolute Gasteiger partial charge is 0.484 e. The molecule has 1 aromatic carbocycles. The van der Waals surface area contributed by atoms with Gasteiger partial charge in [-0.25, -0.2) is 0 Å². The Kier molecular flexibility index (Phi) is 6.39. The van der Waals surface area contributed by atoms with Crippen molar-refractivity contribution in [2.75, 3.05) is 25.0 Å². The maximum Gasteiger partial charge on any atom is 0.291 e. The smallest absolute Gasteiger partial charge is 0.291 e. The van der Waals surface area contributed by atoms with Gasteiger partial charge in [0.2, 0.25) is 0 Å². The lowest BCUT2D eigenvalue weighted by molar-refractivity contribution is -0.132. The number of nitrogens with zero attached hydrogens (tertiary/aromatic N) is 1. The van der Waals surface area contributed by atoms with Crippen LogP contribution in [0.15, 0.2) is 59.2 Å². The van der Waals surface area contributed by atoms with Crippen LogP contribution in [-0.2, 0) is 4.79 Å². The summed E-state index contributed by atoms with van der Waals surface area (Å²) in [7, 11) is 0. The third-order valence-corrected chi connectivity index (χ3v) is 3.41. The predicted molar refractivity (Wildman–Crippen MR) is 95.7 cm³/mol. The summed E-state index contributed by atoms with van der Waals surface area (Å²) in [6.45, 7) is 8.70. The van der Waals surface area contributed by atoms with Crippen LogP contribution < -0.4 is 10.1 Å². The first-order valence-electron chi connectivity index (χ1n) is 7.99. The number of rotatable bonds is 8. The monoisotopic (exact) mass is 342 g/mol. The number of carbonyl (C=O) groups is 2. The second kappa shape index (κ2) is 8.73. The SMILES string of the molecule is C=C(C)CN(CC)C(=O)COc1ccc(NC(=O)c2ccco2)cc1. The normalized spacial score (nSPS) is 10.2. The van der Waals surface area contributed by atoms with E-state index in [9.17, 15) is 9.59 Å². The van der Waals surface area contributed by atoms with E-state index in [1.165, 1.54) is 6.26 Å². The third-order valence-electron chi connectivity index (χ3n) is 3.41. The molecule has 1 heterocycles. The Hall–Kier alpha value is -3.02. The van der Waals surface area contributed by atoms with Crippen molar-refractivity contribution >= 4 is 17.5 Å². The third kappa shape index (κ3) is 5.53. The quantitative estimate of drug-likeness (QED) is 0.747. The zero-order chi connectivity index (χ0) is 18.2. The molecule has 0 aliphatic rings. The minimum absolute atomic E-state index is 0.0424. The van der Waals surface area contributed by atoms with Crippen LogP contribution in [0.1, 0.15) is 24.4 Å². The van der Waals surface area contributed by atoms with E-state index < -0.39 is 0 Å². The Morgan fingerprint density at radius 2 is 1.96 bits per heavy atom. The summed E-state index contributed by atoms with van der Waals surface area (Å²) in [6, 6.07) is 10.0. The summed E-state index contributed by atoms with van der Waals surface area (Å²) in [5.74, 6) is 0.367. The number of anilines is 1. The fourth-order valence-electron chi connectivity index (χ4n) is 2.17. The lowest BCUT2D eigenvalue weighted by Crippen LogP contribution is -2.35. The number of likely N-dealkylation sites (N-methyl/N-ethyl adjacent to an activating group) is 1. The van der Waals surface area contributed by atoms with E-state index in [2.05, 4.69) is 11.9 Å². The van der Waals surface area contributed by atoms with Crippen molar-refractivity contribution in [3.8, 4) is 5.75 Å². The van der Waals surface area contributed by atoms with Crippen LogP contribution in [0.5, 0.6) is 5.75 Å². The molecule has 0 saturated carbocycles. The van der Waals surface area contributed by atoms with Crippen LogP contribution in [0, 0.1) is 0 Å². The molecule has 1 aromatic heterocycles. The van der Waals surface area contributed by atoms with Gasteiger partial charge in [0.25, 0.3) is 11.8 Å². The second-order valence-corrected chi connectivity index (χ2v) is 5.61. The molecule has 132 valence electrons. The number of benzene rings is 1. The summed E-state index contributed by atoms with van der Waals surface area (Å²) in [5, 5.41) is 2.71. The highest BCUT2D eigenvalue weighted by atomic mass is 16.5. The molecule has 0 fully saturated rings. The molecule has 6 nitrogen and oxygen atoms in total. The number of carbonyl (C=O) groups excluding carboxylic acids is 2. The molecule has 2 rings (SSSR count). The molecule has 0 saturated heterocycles. The number of furan rings is 1. The van der Waals surface area contributed by atoms with Crippen LogP contribution in [0.3, 0.4) is 0 Å². The van der Waals surface area contributed by atoms with Crippen LogP contribution in [0.4, 0.5) is 5.69 Å². The van der Waals surface area contributed by atoms with Gasteiger partial charge in [-0.15, -0.1) is 0 Å². The Morgan fingerprint density at radius 1 is 1.24 bits per heavy atom. The van der Waals surface area contributed by atoms with E-state index in [0.717, 1.165) is 5.57 Å². The minimum atomic E-state index is -0.327. The lowest BCUT2D eigenvalue weighted by Gasteiger charge is -2.21. The van der Waals surface area contributed by atoms with Crippen LogP contribution in [0.25, 0.3) is 0 Å². The summed E-state index contributed by atoms with van der Waals surface area (Å²) >= 11 is 0. The number of nitrogens with one attached hydrogen (secondary N) is 1. The summed E-state index contributed by atoms with van der Waals surface area (Å²) in [4.78, 5) is 25.7. The summed E-state index contributed by atoms with van der Waals surface area (Å²) in [6.07, 6.45) is 1.44. The van der Waals surface area contributed by atoms with Gasteiger partial charge in [0.15, 0.2) is 12.4 Å². The van der Waals surface area contributed by atoms with Gasteiger partial charge < -0.3 is 19.4 Å². The summed E-state index contributed by atoms with van der Waals surface area (Å²) in [5.41, 5.74) is 1.53. The second-order valence-electron chi connectivity index (χ2n) is 5.61. The highest BCUT2D eigenvalue weighted by molar-refractivity contribution is 6.02. The first-order chi connectivity index (χ1) is 12.0. The zero-order valence-electron chi connectivity index (χ0n) is 14.5. The van der Waals surface area contributed by atoms with Crippen LogP contribution >= 0.6 is 0 Å². The average molecular weight is 342 g/mol. The molecule has 2 amide bonds. The summed E-state index contributed by atoms with van der Waals surface area (Å²) < 4.78 is 10.5. The van der Waals surface area contributed by atoms with E-state index >= 15 is 0 Å². The molecule has 6 heteroatoms. The molecule has 0 aliphatic heterocycles. The Balaban J connectivity index is 1.86. The molecule has 0 bridgehead atoms. The van der Waals surface area contributed by atoms with Crippen molar-refractivity contribution in [2.45, 2.75) is 13.8 Å². The van der Waals surface area contributed by atoms with Crippen LogP contribution in [0.2, 0.25) is 0 Å². The minimum Gasteiger partial charge on any atom is -0.484 e. The van der Waals surface area contributed by atoms with E-state index in [4.69, 9.17) is 9.15 Å². The Morgan fingerprint density at radius 3 is 2.52 bits per heavy atom. The fourth-order valence-corrected chi connectivity index (χ4v) is 2.17. The zero-order valence-corrected chi connectivity index (χ0v) is 14.5. The molecule has 1 N–H and O–H groups in total. The van der Waals surface area contributed by atoms with Gasteiger partial charge in [-0.05, 0) is 50.2 Å². The maximum atomic E-state index is 12.1. The lowest BCUT2D eigenvalue weighted by atomic mass is 10.3. The maximum absolute atomic E-state index is 12.1. The standard InChI is InChI=1S/C19H22N2O4/c1-4-21(12-14(2)3)18(22)13-25-16-9-7-15(8-10-16)20-19(23)17-6-5-11-24-17/h5-11H,2,4,12-13H2,1,3H3,(H,20,23). The molecule has 0 unspecified atom stereocenters. The number of amides is 2. The van der Waals surface area contributed by atoms with E-state index in [1.807, 2.05) is 13.8 Å². The molecule has 2 aromatic rings. The number of hydrogen-bond donors (Lipinski definition) is 1. The highest BCUT2D eigenvalue weighted by Crippen LogP contribution is 2.17. The van der Waals surface area contributed by atoms with Crippen molar-refractivity contribution in [2.24, 2.45) is 0 Å². The van der Waals surface area contributed by atoms with Crippen LogP contribution in [-0.4, -0.2) is 36.4 Å². The van der Waals surface area contributed by atoms with Crippen molar-refractivity contribution < 1.29 is 18.7 Å². The van der Waals surface area contributed by atoms with Crippen molar-refractivity contribution in [3.05, 3.63) is 60.6 Å². The van der Waals surface area contributed by atoms with Gasteiger partial charge in [-0.1, -0.05) is 12.2 Å². The molecular weight excluding hydrogens is 320 g/mol. The highest BCUT2D eigenvalue weighted by Gasteiger charge is 2.12. The molecule has 25 heavy (non-hydrogen) atoms. The fraction of sp³-hybridized carbons (Fsp3) is 0.263. The van der Waals surface area contributed by atoms with Gasteiger partial charge in [0.1, 0.15) is 5.75 Å². The molecule has 0 spiro atoms. The van der Waals surface area contributed by atoms with E-state index in [0.29, 0.717) is 24.5 Å². The number of ether oxygens (including phenoxy) is 1. The van der Waals surface area contributed by atoms with E-state index in [-0.39, 0.29) is 24.2 Å². The Bertz CT molecular complexity index is 720. The predicted octanol–water partition coefficient (Wildman–Crippen LogP) is 3.34. The van der Waals surface area contributed by atoms with Crippen molar-refractivity contribution in [1.82, 2.24) is 4.90 Å². The van der Waals surface area contributed by atoms with Crippen molar-refractivity contribution in [3.63, 3.8) is 0 Å². The molecule has 0 atom stereocenters. The number of hydrogen-bond acceptors (Lipinski definition) is 4. The molecule has 0 radical (unpaired) electrons. The van der Waals surface area contributed by atoms with Gasteiger partial charge in [-0.3, -0.25) is 9.59 Å². The first-order valence-corrected chi connectivity index (χ1v) is 7.99. The van der Waals surface area contributed by atoms with Gasteiger partial charge in [0.05, 0.1) is 6.26 Å². The first kappa shape index (κ1) is 18.3. The molecular formula is C19H22N2O4. The Labute approximate surface area is 147 Å². The average Bonchev–Trinajstić information content (AvgIpc) is 3.13. The molecule has 0 aliphatic carbocycles. The van der Waals surface area contributed by atoms with Gasteiger partial charge >= 0.3 is 0 Å².